The van der Waals surface area contributed by atoms with Gasteiger partial charge in [0, 0.05) is 32.6 Å². The summed E-state index contributed by atoms with van der Waals surface area (Å²) in [6.07, 6.45) is 1.88. The van der Waals surface area contributed by atoms with Crippen molar-refractivity contribution in [1.29, 1.82) is 0 Å². The van der Waals surface area contributed by atoms with E-state index in [1.165, 1.54) is 6.92 Å². The molecule has 25 heavy (non-hydrogen) atoms. The first-order valence-corrected chi connectivity index (χ1v) is 8.95. The number of rotatable bonds is 8. The van der Waals surface area contributed by atoms with Gasteiger partial charge in [0.15, 0.2) is 0 Å². The quantitative estimate of drug-likeness (QED) is 0.641. The summed E-state index contributed by atoms with van der Waals surface area (Å²) in [6, 6.07) is -0.0179. The smallest absolute Gasteiger partial charge is 0.409 e. The lowest BCUT2D eigenvalue weighted by Crippen LogP contribution is -2.51. The molecule has 1 rings (SSSR count). The van der Waals surface area contributed by atoms with Gasteiger partial charge in [0.2, 0.25) is 11.8 Å². The highest BCUT2D eigenvalue weighted by Gasteiger charge is 2.29. The minimum atomic E-state index is -0.311. The van der Waals surface area contributed by atoms with Gasteiger partial charge in [-0.25, -0.2) is 4.79 Å². The molecule has 0 aromatic rings. The van der Waals surface area contributed by atoms with Gasteiger partial charge in [-0.15, -0.1) is 0 Å². The van der Waals surface area contributed by atoms with Crippen molar-refractivity contribution in [3.8, 4) is 0 Å². The predicted molar refractivity (Wildman–Crippen MR) is 95.2 cm³/mol. The first kappa shape index (κ1) is 21.2. The van der Waals surface area contributed by atoms with Crippen LogP contribution in [0, 0.1) is 0 Å². The van der Waals surface area contributed by atoms with Crippen molar-refractivity contribution < 1.29 is 19.1 Å². The summed E-state index contributed by atoms with van der Waals surface area (Å²) < 4.78 is 5.00. The summed E-state index contributed by atoms with van der Waals surface area (Å²) in [5.41, 5.74) is 0. The Labute approximate surface area is 150 Å². The van der Waals surface area contributed by atoms with Crippen LogP contribution in [0.5, 0.6) is 0 Å². The second kappa shape index (κ2) is 10.9. The molecule has 1 fully saturated rings. The lowest BCUT2D eigenvalue weighted by Gasteiger charge is -2.37. The molecule has 0 aromatic heterocycles. The van der Waals surface area contributed by atoms with Gasteiger partial charge >= 0.3 is 6.09 Å². The molecule has 8 nitrogen and oxygen atoms in total. The van der Waals surface area contributed by atoms with Crippen LogP contribution in [-0.2, 0) is 14.3 Å². The molecule has 144 valence electrons. The van der Waals surface area contributed by atoms with Crippen molar-refractivity contribution in [2.24, 2.45) is 0 Å². The van der Waals surface area contributed by atoms with Crippen molar-refractivity contribution in [2.75, 3.05) is 53.4 Å². The van der Waals surface area contributed by atoms with Crippen LogP contribution in [0.15, 0.2) is 0 Å². The van der Waals surface area contributed by atoms with Crippen LogP contribution >= 0.6 is 0 Å². The molecule has 8 heteroatoms. The molecule has 0 bridgehead atoms. The molecule has 0 saturated carbocycles. The first-order chi connectivity index (χ1) is 11.8. The molecule has 1 N–H and O–H groups in total. The summed E-state index contributed by atoms with van der Waals surface area (Å²) in [5.74, 6) is -0.250. The zero-order valence-corrected chi connectivity index (χ0v) is 15.9. The molecule has 0 spiro atoms. The Morgan fingerprint density at radius 1 is 1.20 bits per heavy atom. The van der Waals surface area contributed by atoms with Crippen LogP contribution in [0.4, 0.5) is 4.79 Å². The largest absolute Gasteiger partial charge is 0.450 e. The fraction of sp³-hybridized carbons (Fsp3) is 0.824. The van der Waals surface area contributed by atoms with Gasteiger partial charge in [-0.2, -0.15) is 0 Å². The second-order valence-electron chi connectivity index (χ2n) is 6.57. The minimum absolute atomic E-state index is 0.0179. The van der Waals surface area contributed by atoms with E-state index in [2.05, 4.69) is 10.2 Å². The van der Waals surface area contributed by atoms with Gasteiger partial charge in [-0.05, 0) is 46.8 Å². The highest BCUT2D eigenvalue weighted by atomic mass is 16.6. The molecular weight excluding hydrogens is 324 g/mol. The molecule has 0 aromatic carbocycles. The van der Waals surface area contributed by atoms with Crippen LogP contribution in [0.1, 0.15) is 33.1 Å². The number of carbonyl (C=O) groups excluding carboxylic acids is 3. The van der Waals surface area contributed by atoms with E-state index < -0.39 is 0 Å². The topological polar surface area (TPSA) is 82.2 Å². The number of nitrogens with zero attached hydrogens (tertiary/aromatic N) is 3. The van der Waals surface area contributed by atoms with Gasteiger partial charge in [0.25, 0.3) is 0 Å². The van der Waals surface area contributed by atoms with E-state index in [0.29, 0.717) is 39.1 Å². The number of hydrogen-bond donors (Lipinski definition) is 1. The number of ether oxygens (including phenoxy) is 1. The van der Waals surface area contributed by atoms with E-state index in [1.54, 1.807) is 16.7 Å². The number of amides is 3. The number of nitrogens with one attached hydrogen (secondary N) is 1. The van der Waals surface area contributed by atoms with Crippen molar-refractivity contribution in [3.63, 3.8) is 0 Å². The third-order valence-electron chi connectivity index (χ3n) is 4.25. The molecule has 1 saturated heterocycles. The van der Waals surface area contributed by atoms with Crippen molar-refractivity contribution >= 4 is 17.9 Å². The predicted octanol–water partition coefficient (Wildman–Crippen LogP) is 0.524. The van der Waals surface area contributed by atoms with Crippen LogP contribution in [-0.4, -0.2) is 92.1 Å². The van der Waals surface area contributed by atoms with Crippen molar-refractivity contribution in [1.82, 2.24) is 20.0 Å². The molecule has 1 aliphatic heterocycles. The van der Waals surface area contributed by atoms with Crippen LogP contribution in [0.3, 0.4) is 0 Å². The summed E-state index contributed by atoms with van der Waals surface area (Å²) in [4.78, 5) is 41.1. The molecule has 0 unspecified atom stereocenters. The van der Waals surface area contributed by atoms with E-state index in [4.69, 9.17) is 4.74 Å². The maximum absolute atomic E-state index is 12.1. The molecule has 0 aliphatic carbocycles. The average Bonchev–Trinajstić information content (AvgIpc) is 2.56. The Kier molecular flexibility index (Phi) is 9.26. The van der Waals surface area contributed by atoms with Gasteiger partial charge in [-0.1, -0.05) is 0 Å². The van der Waals surface area contributed by atoms with Gasteiger partial charge < -0.3 is 24.8 Å². The monoisotopic (exact) mass is 356 g/mol. The molecule has 3 amide bonds. The molecule has 1 aliphatic rings. The lowest BCUT2D eigenvalue weighted by atomic mass is 10.0. The first-order valence-electron chi connectivity index (χ1n) is 8.95. The third kappa shape index (κ3) is 7.72. The van der Waals surface area contributed by atoms with E-state index >= 15 is 0 Å². The highest BCUT2D eigenvalue weighted by molar-refractivity contribution is 5.84. The van der Waals surface area contributed by atoms with Crippen LogP contribution in [0.25, 0.3) is 0 Å². The zero-order chi connectivity index (χ0) is 18.8. The summed E-state index contributed by atoms with van der Waals surface area (Å²) in [6.45, 7) is 6.27. The lowest BCUT2D eigenvalue weighted by molar-refractivity contribution is -0.137. The number of hydrogen-bond acceptors (Lipinski definition) is 5. The molecular formula is C17H32N4O4. The highest BCUT2D eigenvalue weighted by Crippen LogP contribution is 2.17. The maximum atomic E-state index is 12.1. The Balaban J connectivity index is 2.43. The normalized spacial score (nSPS) is 15.2. The summed E-state index contributed by atoms with van der Waals surface area (Å²) in [5, 5.41) is 2.86. The zero-order valence-electron chi connectivity index (χ0n) is 15.9. The Morgan fingerprint density at radius 2 is 1.84 bits per heavy atom. The average molecular weight is 356 g/mol. The fourth-order valence-corrected chi connectivity index (χ4v) is 2.91. The summed E-state index contributed by atoms with van der Waals surface area (Å²) >= 11 is 0. The minimum Gasteiger partial charge on any atom is -0.450 e. The summed E-state index contributed by atoms with van der Waals surface area (Å²) in [7, 11) is 3.98. The van der Waals surface area contributed by atoms with Crippen molar-refractivity contribution in [3.05, 3.63) is 0 Å². The van der Waals surface area contributed by atoms with Gasteiger partial charge in [0.05, 0.1) is 13.2 Å². The Hall–Kier alpha value is -1.83. The maximum Gasteiger partial charge on any atom is 0.409 e. The third-order valence-corrected chi connectivity index (χ3v) is 4.25. The fourth-order valence-electron chi connectivity index (χ4n) is 2.91. The molecule has 0 radical (unpaired) electrons. The number of likely N-dealkylation sites (tertiary alicyclic amines) is 1. The van der Waals surface area contributed by atoms with Crippen LogP contribution in [0.2, 0.25) is 0 Å². The molecule has 0 atom stereocenters. The number of carbonyl (C=O) groups is 3. The van der Waals surface area contributed by atoms with E-state index in [1.807, 2.05) is 14.1 Å². The van der Waals surface area contributed by atoms with Crippen LogP contribution < -0.4 is 5.32 Å². The SMILES string of the molecule is CCOC(=O)N1CCC(N(CC(=O)NCCCN(C)C)C(C)=O)CC1. The number of piperidine rings is 1. The van der Waals surface area contributed by atoms with E-state index in [0.717, 1.165) is 13.0 Å². The van der Waals surface area contributed by atoms with E-state index in [9.17, 15) is 14.4 Å². The molecule has 1 heterocycles. The van der Waals surface area contributed by atoms with Gasteiger partial charge in [0.1, 0.15) is 0 Å². The standard InChI is InChI=1S/C17H32N4O4/c1-5-25-17(24)20-11-7-15(8-12-20)21(14(2)22)13-16(23)18-9-6-10-19(3)4/h15H,5-13H2,1-4H3,(H,18,23). The van der Waals surface area contributed by atoms with Gasteiger partial charge in [-0.3, -0.25) is 9.59 Å². The second-order valence-corrected chi connectivity index (χ2v) is 6.57. The Morgan fingerprint density at radius 3 is 2.36 bits per heavy atom. The Bertz CT molecular complexity index is 448. The van der Waals surface area contributed by atoms with Crippen molar-refractivity contribution in [2.45, 2.75) is 39.2 Å². The van der Waals surface area contributed by atoms with E-state index in [-0.39, 0.29) is 30.5 Å².